The highest BCUT2D eigenvalue weighted by atomic mass is 35.5. The number of nitrogens with one attached hydrogen (secondary N) is 3. The maximum absolute atomic E-state index is 13.5. The summed E-state index contributed by atoms with van der Waals surface area (Å²) >= 11 is 17.8. The normalized spacial score (nSPS) is 11.9. The molecule has 0 spiro atoms. The first-order chi connectivity index (χ1) is 20.5. The number of imidazole rings is 1. The standard InChI is InChI=1S/C26H25Cl3N6O6S2/c1-34(14-43(39)40)12-15-13-42-23(21(15)29)25(37)33-22-18(24(36)32-20-4-3-16(27)11-31-20)9-17(28)10-19(22)41-8-2-6-35-7-5-30-26(35)38/h3-5,7,9-11,13H,2,6,8,12,14H2,1H3,(H,30,38)(H,33,37)(H,39,40)(H,31,32,36). The van der Waals surface area contributed by atoms with Gasteiger partial charge in [0.1, 0.15) is 22.3 Å². The number of aryl methyl sites for hydroxylation is 1. The van der Waals surface area contributed by atoms with Crippen molar-refractivity contribution in [3.63, 3.8) is 0 Å². The lowest BCUT2D eigenvalue weighted by atomic mass is 10.1. The van der Waals surface area contributed by atoms with E-state index in [0.29, 0.717) is 23.6 Å². The number of ether oxygens (including phenoxy) is 1. The van der Waals surface area contributed by atoms with Gasteiger partial charge in [0.2, 0.25) is 0 Å². The number of H-pyrrole nitrogens is 1. The Morgan fingerprint density at radius 2 is 1.98 bits per heavy atom. The summed E-state index contributed by atoms with van der Waals surface area (Å²) in [7, 11) is 1.64. The van der Waals surface area contributed by atoms with Crippen molar-refractivity contribution in [2.75, 3.05) is 30.2 Å². The summed E-state index contributed by atoms with van der Waals surface area (Å²) in [5.74, 6) is -1.01. The Balaban J connectivity index is 1.60. The van der Waals surface area contributed by atoms with Crippen molar-refractivity contribution in [3.05, 3.63) is 89.8 Å². The molecule has 17 heteroatoms. The molecule has 0 bridgehead atoms. The minimum absolute atomic E-state index is 0.00693. The van der Waals surface area contributed by atoms with Crippen LogP contribution in [0.2, 0.25) is 15.1 Å². The second-order valence-electron chi connectivity index (χ2n) is 9.13. The van der Waals surface area contributed by atoms with E-state index in [2.05, 4.69) is 20.6 Å². The van der Waals surface area contributed by atoms with Crippen LogP contribution in [0.5, 0.6) is 5.75 Å². The van der Waals surface area contributed by atoms with E-state index < -0.39 is 22.9 Å². The highest BCUT2D eigenvalue weighted by molar-refractivity contribution is 7.79. The van der Waals surface area contributed by atoms with Crippen LogP contribution in [0.4, 0.5) is 11.5 Å². The Kier molecular flexibility index (Phi) is 11.4. The number of aromatic nitrogens is 3. The second-order valence-corrected chi connectivity index (χ2v) is 12.2. The van der Waals surface area contributed by atoms with Crippen molar-refractivity contribution in [2.24, 2.45) is 0 Å². The zero-order chi connectivity index (χ0) is 31.1. The van der Waals surface area contributed by atoms with Gasteiger partial charge in [0.15, 0.2) is 11.1 Å². The second kappa shape index (κ2) is 15.0. The van der Waals surface area contributed by atoms with E-state index in [9.17, 15) is 18.6 Å². The van der Waals surface area contributed by atoms with E-state index >= 15 is 0 Å². The molecule has 0 aliphatic carbocycles. The van der Waals surface area contributed by atoms with Gasteiger partial charge in [0.05, 0.1) is 27.9 Å². The number of hydrogen-bond acceptors (Lipinski definition) is 8. The molecule has 0 radical (unpaired) electrons. The van der Waals surface area contributed by atoms with Crippen molar-refractivity contribution in [1.29, 1.82) is 0 Å². The largest absolute Gasteiger partial charge is 0.491 e. The molecular formula is C26H25Cl3N6O6S2. The van der Waals surface area contributed by atoms with Crippen LogP contribution in [0.25, 0.3) is 0 Å². The van der Waals surface area contributed by atoms with E-state index in [-0.39, 0.29) is 62.5 Å². The van der Waals surface area contributed by atoms with Gasteiger partial charge in [-0.15, -0.1) is 11.3 Å². The van der Waals surface area contributed by atoms with Crippen LogP contribution in [0.15, 0.2) is 53.0 Å². The van der Waals surface area contributed by atoms with Gasteiger partial charge in [-0.3, -0.25) is 19.1 Å². The maximum Gasteiger partial charge on any atom is 0.325 e. The zero-order valence-corrected chi connectivity index (χ0v) is 26.3. The van der Waals surface area contributed by atoms with Crippen LogP contribution < -0.4 is 21.1 Å². The molecule has 43 heavy (non-hydrogen) atoms. The molecule has 0 aliphatic heterocycles. The van der Waals surface area contributed by atoms with Crippen molar-refractivity contribution in [2.45, 2.75) is 19.5 Å². The summed E-state index contributed by atoms with van der Waals surface area (Å²) in [4.78, 5) is 47.0. The molecule has 4 rings (SSSR count). The fourth-order valence-corrected chi connectivity index (χ4v) is 5.95. The smallest absolute Gasteiger partial charge is 0.325 e. The number of amides is 2. The minimum atomic E-state index is -2.03. The molecule has 3 heterocycles. The number of anilines is 2. The fraction of sp³-hybridized carbons (Fsp3) is 0.231. The van der Waals surface area contributed by atoms with Crippen molar-refractivity contribution in [1.82, 2.24) is 19.4 Å². The molecule has 1 unspecified atom stereocenters. The lowest BCUT2D eigenvalue weighted by Gasteiger charge is -2.17. The van der Waals surface area contributed by atoms with Crippen molar-refractivity contribution < 1.29 is 23.1 Å². The lowest BCUT2D eigenvalue weighted by molar-refractivity contribution is 0.102. The lowest BCUT2D eigenvalue weighted by Crippen LogP contribution is -2.22. The number of pyridine rings is 1. The molecule has 2 amide bonds. The molecule has 4 N–H and O–H groups in total. The van der Waals surface area contributed by atoms with Crippen LogP contribution in [-0.4, -0.2) is 59.5 Å². The molecule has 0 fully saturated rings. The van der Waals surface area contributed by atoms with Gasteiger partial charge in [-0.05, 0) is 42.6 Å². The van der Waals surface area contributed by atoms with E-state index in [0.717, 1.165) is 11.3 Å². The summed E-state index contributed by atoms with van der Waals surface area (Å²) in [5, 5.41) is 7.79. The van der Waals surface area contributed by atoms with Crippen LogP contribution in [-0.2, 0) is 24.2 Å². The number of hydrogen-bond donors (Lipinski definition) is 4. The first-order valence-electron chi connectivity index (χ1n) is 12.5. The van der Waals surface area contributed by atoms with Gasteiger partial charge in [-0.25, -0.2) is 14.0 Å². The van der Waals surface area contributed by atoms with Gasteiger partial charge in [0.25, 0.3) is 11.8 Å². The molecule has 1 atom stereocenters. The van der Waals surface area contributed by atoms with Gasteiger partial charge in [-0.2, -0.15) is 0 Å². The summed E-state index contributed by atoms with van der Waals surface area (Å²) in [5.41, 5.74) is 0.364. The first-order valence-corrected chi connectivity index (χ1v) is 15.8. The van der Waals surface area contributed by atoms with Gasteiger partial charge in [-0.1, -0.05) is 34.8 Å². The highest BCUT2D eigenvalue weighted by Crippen LogP contribution is 2.36. The fourth-order valence-electron chi connectivity index (χ4n) is 3.91. The molecule has 0 aliphatic rings. The summed E-state index contributed by atoms with van der Waals surface area (Å²) < 4.78 is 27.7. The van der Waals surface area contributed by atoms with Crippen LogP contribution in [0.3, 0.4) is 0 Å². The Labute approximate surface area is 267 Å². The number of thiophene rings is 1. The summed E-state index contributed by atoms with van der Waals surface area (Å²) in [6.07, 6.45) is 4.94. The Hall–Kier alpha value is -3.24. The van der Waals surface area contributed by atoms with Crippen molar-refractivity contribution >= 4 is 80.5 Å². The molecule has 1 aromatic carbocycles. The highest BCUT2D eigenvalue weighted by Gasteiger charge is 2.24. The molecule has 4 aromatic rings. The topological polar surface area (TPSA) is 159 Å². The van der Waals surface area contributed by atoms with Gasteiger partial charge < -0.3 is 24.9 Å². The van der Waals surface area contributed by atoms with E-state index in [4.69, 9.17) is 44.1 Å². The molecule has 0 saturated heterocycles. The van der Waals surface area contributed by atoms with Gasteiger partial charge in [0, 0.05) is 42.8 Å². The average molecular weight is 688 g/mol. The summed E-state index contributed by atoms with van der Waals surface area (Å²) in [6.45, 7) is 0.728. The number of carbonyl (C=O) groups excluding carboxylic acids is 2. The molecule has 0 saturated carbocycles. The van der Waals surface area contributed by atoms with Crippen molar-refractivity contribution in [3.8, 4) is 5.75 Å². The third-order valence-corrected chi connectivity index (χ3v) is 8.49. The third kappa shape index (κ3) is 8.89. The van der Waals surface area contributed by atoms with Crippen LogP contribution in [0.1, 0.15) is 32.0 Å². The number of benzene rings is 1. The number of aromatic amines is 1. The monoisotopic (exact) mass is 686 g/mol. The predicted octanol–water partition coefficient (Wildman–Crippen LogP) is 5.18. The van der Waals surface area contributed by atoms with E-state index in [1.165, 1.54) is 35.2 Å². The minimum Gasteiger partial charge on any atom is -0.491 e. The Morgan fingerprint density at radius 1 is 1.19 bits per heavy atom. The quantitative estimate of drug-likeness (QED) is 0.111. The number of nitrogens with zero attached hydrogens (tertiary/aromatic N) is 3. The van der Waals surface area contributed by atoms with Crippen LogP contribution >= 0.6 is 46.1 Å². The van der Waals surface area contributed by atoms with E-state index in [1.807, 2.05) is 0 Å². The van der Waals surface area contributed by atoms with Gasteiger partial charge >= 0.3 is 5.69 Å². The SMILES string of the molecule is CN(Cc1csc(C(=O)Nc2c(OCCCn3cc[nH]c3=O)cc(Cl)cc2C(=O)Nc2ccc(Cl)cn2)c1Cl)CS(=O)O. The molecule has 3 aromatic heterocycles. The zero-order valence-electron chi connectivity index (χ0n) is 22.4. The third-order valence-electron chi connectivity index (χ3n) is 5.82. The molecule has 228 valence electrons. The first kappa shape index (κ1) is 32.7. The number of rotatable bonds is 13. The number of halogens is 3. The molecular weight excluding hydrogens is 663 g/mol. The predicted molar refractivity (Wildman–Crippen MR) is 168 cm³/mol. The Bertz CT molecular complexity index is 1690. The van der Waals surface area contributed by atoms with E-state index in [1.54, 1.807) is 29.6 Å². The number of carbonyl (C=O) groups is 2. The average Bonchev–Trinajstić information content (AvgIpc) is 3.52. The maximum atomic E-state index is 13.5. The Morgan fingerprint density at radius 3 is 2.65 bits per heavy atom. The molecule has 12 nitrogen and oxygen atoms in total. The summed E-state index contributed by atoms with van der Waals surface area (Å²) in [6, 6.07) is 5.91. The van der Waals surface area contributed by atoms with Crippen LogP contribution in [0, 0.1) is 0 Å².